The normalized spacial score (nSPS) is 20.0. The van der Waals surface area contributed by atoms with Crippen LogP contribution in [0.2, 0.25) is 0 Å². The van der Waals surface area contributed by atoms with E-state index < -0.39 is 9.84 Å². The van der Waals surface area contributed by atoms with Crippen molar-refractivity contribution in [2.45, 2.75) is 31.2 Å². The van der Waals surface area contributed by atoms with Gasteiger partial charge in [-0.15, -0.1) is 0 Å². The van der Waals surface area contributed by atoms with Crippen LogP contribution in [0.25, 0.3) is 0 Å². The van der Waals surface area contributed by atoms with Gasteiger partial charge in [0.05, 0.1) is 0 Å². The van der Waals surface area contributed by atoms with E-state index in [-0.39, 0.29) is 0 Å². The fourth-order valence-electron chi connectivity index (χ4n) is 2.77. The zero-order chi connectivity index (χ0) is 13.2. The van der Waals surface area contributed by atoms with Crippen molar-refractivity contribution >= 4 is 9.84 Å². The Labute approximate surface area is 110 Å². The molecule has 2 atom stereocenters. The smallest absolute Gasteiger partial charge is 0.147 e. The van der Waals surface area contributed by atoms with Crippen molar-refractivity contribution in [2.24, 2.45) is 0 Å². The van der Waals surface area contributed by atoms with Gasteiger partial charge in [0.1, 0.15) is 9.84 Å². The van der Waals surface area contributed by atoms with Gasteiger partial charge in [0, 0.05) is 24.0 Å². The van der Waals surface area contributed by atoms with E-state index >= 15 is 0 Å². The van der Waals surface area contributed by atoms with Gasteiger partial charge < -0.3 is 5.32 Å². The lowest BCUT2D eigenvalue weighted by atomic mass is 9.72. The highest BCUT2D eigenvalue weighted by atomic mass is 32.2. The van der Waals surface area contributed by atoms with Crippen LogP contribution >= 0.6 is 0 Å². The Morgan fingerprint density at radius 3 is 2.72 bits per heavy atom. The van der Waals surface area contributed by atoms with E-state index in [1.54, 1.807) is 0 Å². The summed E-state index contributed by atoms with van der Waals surface area (Å²) in [6.07, 6.45) is 4.08. The summed E-state index contributed by atoms with van der Waals surface area (Å²) in [5, 5.41) is 3.34. The number of fused-ring (bicyclic) bond motifs is 1. The highest BCUT2D eigenvalue weighted by Crippen LogP contribution is 2.38. The van der Waals surface area contributed by atoms with Gasteiger partial charge in [0.25, 0.3) is 0 Å². The first kappa shape index (κ1) is 13.6. The Morgan fingerprint density at radius 2 is 2.11 bits per heavy atom. The summed E-state index contributed by atoms with van der Waals surface area (Å²) in [4.78, 5) is 0. The van der Waals surface area contributed by atoms with Crippen LogP contribution in [0.15, 0.2) is 24.3 Å². The van der Waals surface area contributed by atoms with Gasteiger partial charge in [-0.2, -0.15) is 0 Å². The van der Waals surface area contributed by atoms with Crippen LogP contribution in [0, 0.1) is 0 Å². The predicted molar refractivity (Wildman–Crippen MR) is 74.7 cm³/mol. The molecule has 100 valence electrons. The van der Waals surface area contributed by atoms with Crippen LogP contribution < -0.4 is 5.32 Å². The van der Waals surface area contributed by atoms with Crippen LogP contribution in [-0.4, -0.2) is 33.5 Å². The van der Waals surface area contributed by atoms with Gasteiger partial charge in [0.15, 0.2) is 0 Å². The average molecular weight is 267 g/mol. The first-order chi connectivity index (χ1) is 8.51. The molecule has 0 bridgehead atoms. The molecule has 0 radical (unpaired) electrons. The van der Waals surface area contributed by atoms with Crippen molar-refractivity contribution < 1.29 is 8.42 Å². The van der Waals surface area contributed by atoms with Crippen LogP contribution in [0.1, 0.15) is 29.9 Å². The minimum atomic E-state index is -2.83. The van der Waals surface area contributed by atoms with E-state index in [1.165, 1.54) is 17.4 Å². The Bertz CT molecular complexity index is 510. The highest BCUT2D eigenvalue weighted by Gasteiger charge is 2.31. The van der Waals surface area contributed by atoms with Crippen molar-refractivity contribution in [3.63, 3.8) is 0 Å². The maximum absolute atomic E-state index is 11.1. The number of nitrogens with one attached hydrogen (secondary N) is 1. The quantitative estimate of drug-likeness (QED) is 0.854. The lowest BCUT2D eigenvalue weighted by Gasteiger charge is -2.36. The van der Waals surface area contributed by atoms with Crippen molar-refractivity contribution in [3.8, 4) is 0 Å². The predicted octanol–water partition coefficient (Wildman–Crippen LogP) is 1.74. The molecule has 0 heterocycles. The largest absolute Gasteiger partial charge is 0.316 e. The molecule has 0 aliphatic heterocycles. The highest BCUT2D eigenvalue weighted by molar-refractivity contribution is 7.90. The topological polar surface area (TPSA) is 46.2 Å². The molecule has 4 heteroatoms. The standard InChI is InChI=1S/C14H21NO2S/c1-15-14(8-5-9-18(2,16)17)13-10-11-6-3-4-7-12(11)13/h3-4,6-7,13-15H,5,8-10H2,1-2H3. The second kappa shape index (κ2) is 5.41. The molecular formula is C14H21NO2S. The summed E-state index contributed by atoms with van der Waals surface area (Å²) in [6.45, 7) is 0. The molecule has 1 aliphatic rings. The molecule has 1 aromatic rings. The summed E-state index contributed by atoms with van der Waals surface area (Å²) < 4.78 is 22.3. The number of sulfone groups is 1. The minimum Gasteiger partial charge on any atom is -0.316 e. The second-order valence-corrected chi connectivity index (χ2v) is 7.44. The number of likely N-dealkylation sites (N-methyl/N-ethyl adjacent to an activating group) is 1. The van der Waals surface area contributed by atoms with E-state index in [0.29, 0.717) is 17.7 Å². The minimum absolute atomic E-state index is 0.291. The number of hydrogen-bond donors (Lipinski definition) is 1. The van der Waals surface area contributed by atoms with E-state index in [9.17, 15) is 8.42 Å². The molecule has 0 spiro atoms. The summed E-state index contributed by atoms with van der Waals surface area (Å²) in [5.74, 6) is 0.838. The van der Waals surface area contributed by atoms with Crippen molar-refractivity contribution in [2.75, 3.05) is 19.1 Å². The van der Waals surface area contributed by atoms with E-state index in [0.717, 1.165) is 19.3 Å². The van der Waals surface area contributed by atoms with Gasteiger partial charge >= 0.3 is 0 Å². The first-order valence-electron chi connectivity index (χ1n) is 6.44. The zero-order valence-corrected chi connectivity index (χ0v) is 11.8. The zero-order valence-electron chi connectivity index (χ0n) is 11.0. The average Bonchev–Trinajstić information content (AvgIpc) is 2.27. The first-order valence-corrected chi connectivity index (χ1v) is 8.50. The van der Waals surface area contributed by atoms with Crippen molar-refractivity contribution in [1.29, 1.82) is 0 Å². The molecule has 0 aromatic heterocycles. The fraction of sp³-hybridized carbons (Fsp3) is 0.571. The van der Waals surface area contributed by atoms with E-state index in [4.69, 9.17) is 0 Å². The van der Waals surface area contributed by atoms with Crippen molar-refractivity contribution in [3.05, 3.63) is 35.4 Å². The molecule has 1 aromatic carbocycles. The Morgan fingerprint density at radius 1 is 1.39 bits per heavy atom. The van der Waals surface area contributed by atoms with Gasteiger partial charge in [-0.25, -0.2) is 8.42 Å². The third kappa shape index (κ3) is 3.12. The molecule has 2 unspecified atom stereocenters. The van der Waals surface area contributed by atoms with Crippen LogP contribution in [0.5, 0.6) is 0 Å². The molecule has 2 rings (SSSR count). The number of benzene rings is 1. The summed E-state index contributed by atoms with van der Waals surface area (Å²) >= 11 is 0. The molecule has 1 N–H and O–H groups in total. The molecule has 18 heavy (non-hydrogen) atoms. The van der Waals surface area contributed by atoms with Crippen LogP contribution in [0.3, 0.4) is 0 Å². The Kier molecular flexibility index (Phi) is 4.07. The Hall–Kier alpha value is -0.870. The Balaban J connectivity index is 1.92. The number of rotatable bonds is 6. The maximum atomic E-state index is 11.1. The van der Waals surface area contributed by atoms with Crippen LogP contribution in [0.4, 0.5) is 0 Å². The lowest BCUT2D eigenvalue weighted by Crippen LogP contribution is -2.38. The van der Waals surface area contributed by atoms with E-state index in [2.05, 4.69) is 29.6 Å². The fourth-order valence-corrected chi connectivity index (χ4v) is 3.46. The SMILES string of the molecule is CNC(CCCS(C)(=O)=O)C1Cc2ccccc21. The molecule has 0 saturated heterocycles. The molecule has 0 saturated carbocycles. The van der Waals surface area contributed by atoms with E-state index in [1.807, 2.05) is 7.05 Å². The van der Waals surface area contributed by atoms with Gasteiger partial charge in [-0.3, -0.25) is 0 Å². The monoisotopic (exact) mass is 267 g/mol. The van der Waals surface area contributed by atoms with Crippen LogP contribution in [-0.2, 0) is 16.3 Å². The maximum Gasteiger partial charge on any atom is 0.147 e. The second-order valence-electron chi connectivity index (χ2n) is 5.18. The van der Waals surface area contributed by atoms with Gasteiger partial charge in [-0.05, 0) is 37.4 Å². The third-order valence-corrected chi connectivity index (χ3v) is 4.81. The van der Waals surface area contributed by atoms with Gasteiger partial charge in [0.2, 0.25) is 0 Å². The van der Waals surface area contributed by atoms with Crippen molar-refractivity contribution in [1.82, 2.24) is 5.32 Å². The molecule has 1 aliphatic carbocycles. The summed E-state index contributed by atoms with van der Waals surface area (Å²) in [7, 11) is -0.866. The molecule has 0 amide bonds. The van der Waals surface area contributed by atoms with Gasteiger partial charge in [-0.1, -0.05) is 24.3 Å². The lowest BCUT2D eigenvalue weighted by molar-refractivity contribution is 0.399. The molecule has 0 fully saturated rings. The molecular weight excluding hydrogens is 246 g/mol. The number of hydrogen-bond acceptors (Lipinski definition) is 3. The third-order valence-electron chi connectivity index (χ3n) is 3.78. The summed E-state index contributed by atoms with van der Waals surface area (Å²) in [6, 6.07) is 8.91. The molecule has 3 nitrogen and oxygen atoms in total. The summed E-state index contributed by atoms with van der Waals surface area (Å²) in [5.41, 5.74) is 2.86.